The van der Waals surface area contributed by atoms with Crippen LogP contribution in [0.5, 0.6) is 11.5 Å². The molecule has 1 amide bonds. The van der Waals surface area contributed by atoms with Crippen LogP contribution in [-0.4, -0.2) is 45.5 Å². The van der Waals surface area contributed by atoms with E-state index in [-0.39, 0.29) is 21.7 Å². The minimum absolute atomic E-state index is 0.0785. The largest absolute Gasteiger partial charge is 0.508 e. The molecule has 0 saturated carbocycles. The zero-order chi connectivity index (χ0) is 17.6. The van der Waals surface area contributed by atoms with Crippen molar-refractivity contribution >= 4 is 30.1 Å². The molecule has 0 radical (unpaired) electrons. The Morgan fingerprint density at radius 3 is 2.00 bits per heavy atom. The second kappa shape index (κ2) is 7.87. The van der Waals surface area contributed by atoms with Crippen LogP contribution in [0.1, 0.15) is 6.92 Å². The zero-order valence-electron chi connectivity index (χ0n) is 12.6. The molecule has 0 aliphatic carbocycles. The molecule has 0 aromatic heterocycles. The molecule has 8 heteroatoms. The van der Waals surface area contributed by atoms with Crippen molar-refractivity contribution in [2.75, 3.05) is 11.9 Å². The fourth-order valence-corrected chi connectivity index (χ4v) is 2.73. The molecule has 7 nitrogen and oxygen atoms in total. The van der Waals surface area contributed by atoms with Crippen molar-refractivity contribution in [3.05, 3.63) is 48.5 Å². The Morgan fingerprint density at radius 1 is 1.04 bits per heavy atom. The van der Waals surface area contributed by atoms with Crippen LogP contribution >= 0.6 is 0 Å². The Morgan fingerprint density at radius 2 is 1.61 bits per heavy atom. The first-order valence-corrected chi connectivity index (χ1v) is 9.88. The molecule has 0 aliphatic heterocycles. The van der Waals surface area contributed by atoms with Gasteiger partial charge in [0.25, 0.3) is 0 Å². The summed E-state index contributed by atoms with van der Waals surface area (Å²) in [5.74, 6) is -0.224. The summed E-state index contributed by atoms with van der Waals surface area (Å²) in [6.45, 7) is 1.29. The molecule has 0 saturated heterocycles. The second-order valence-electron chi connectivity index (χ2n) is 4.63. The first-order chi connectivity index (χ1) is 10.6. The Balaban J connectivity index is 0.000000313. The summed E-state index contributed by atoms with van der Waals surface area (Å²) in [6, 6.07) is 12.1. The van der Waals surface area contributed by atoms with E-state index in [2.05, 4.69) is 0 Å². The standard InChI is InChI=1S/C9H12AsNO5.C6H6O/c1-6(12)11(2)8-5-7(10(14,15)16)3-4-9(8)13;7-6-4-2-1-3-5-6/h3-5,13H,1-2H3,(H2,14,15,16);1-5,7H. The van der Waals surface area contributed by atoms with E-state index in [1.807, 2.05) is 6.07 Å². The molecule has 0 bridgehead atoms. The Bertz CT molecular complexity index is 713. The van der Waals surface area contributed by atoms with Gasteiger partial charge < -0.3 is 5.11 Å². The number of hydrogen-bond donors (Lipinski definition) is 4. The Kier molecular flexibility index (Phi) is 6.45. The van der Waals surface area contributed by atoms with E-state index in [9.17, 15) is 13.6 Å². The van der Waals surface area contributed by atoms with Crippen LogP contribution in [0.15, 0.2) is 48.5 Å². The van der Waals surface area contributed by atoms with Crippen molar-refractivity contribution in [2.45, 2.75) is 6.92 Å². The van der Waals surface area contributed by atoms with E-state index < -0.39 is 14.2 Å². The van der Waals surface area contributed by atoms with Crippen molar-refractivity contribution in [1.29, 1.82) is 0 Å². The summed E-state index contributed by atoms with van der Waals surface area (Å²) < 4.78 is 28.9. The maximum atomic E-state index is 11.1. The smallest absolute Gasteiger partial charge is 0.115 e. The van der Waals surface area contributed by atoms with Gasteiger partial charge in [-0.2, -0.15) is 0 Å². The average Bonchev–Trinajstić information content (AvgIpc) is 2.47. The first kappa shape index (κ1) is 18.8. The zero-order valence-corrected chi connectivity index (χ0v) is 14.5. The molecule has 2 rings (SSSR count). The van der Waals surface area contributed by atoms with Crippen molar-refractivity contribution < 1.29 is 26.9 Å². The van der Waals surface area contributed by atoms with Gasteiger partial charge in [0.15, 0.2) is 0 Å². The number of amides is 1. The third-order valence-corrected chi connectivity index (χ3v) is 4.88. The Hall–Kier alpha value is -2.21. The van der Waals surface area contributed by atoms with Gasteiger partial charge in [-0.25, -0.2) is 0 Å². The number of para-hydroxylation sites is 1. The molecule has 23 heavy (non-hydrogen) atoms. The summed E-state index contributed by atoms with van der Waals surface area (Å²) in [5.41, 5.74) is 0.0785. The molecule has 2 aromatic carbocycles. The molecule has 0 heterocycles. The van der Waals surface area contributed by atoms with Crippen molar-refractivity contribution in [1.82, 2.24) is 0 Å². The molecule has 0 fully saturated rings. The summed E-state index contributed by atoms with van der Waals surface area (Å²) in [7, 11) is 1.41. The number of phenols is 2. The number of phenolic OH excluding ortho intramolecular Hbond substituents is 2. The fraction of sp³-hybridized carbons (Fsp3) is 0.133. The monoisotopic (exact) mass is 383 g/mol. The van der Waals surface area contributed by atoms with Gasteiger partial charge in [-0.15, -0.1) is 0 Å². The number of carbonyl (C=O) groups excluding carboxylic acids is 1. The molecule has 0 atom stereocenters. The van der Waals surface area contributed by atoms with Crippen molar-refractivity contribution in [3.8, 4) is 11.5 Å². The van der Waals surface area contributed by atoms with Crippen LogP contribution in [0, 0.1) is 0 Å². The SMILES string of the molecule is CC(=O)N(C)c1cc([As](=O)(O)O)ccc1O.Oc1ccccc1. The maximum absolute atomic E-state index is 11.1. The van der Waals surface area contributed by atoms with E-state index in [0.29, 0.717) is 5.75 Å². The third-order valence-electron chi connectivity index (χ3n) is 2.89. The van der Waals surface area contributed by atoms with Crippen molar-refractivity contribution in [3.63, 3.8) is 0 Å². The Labute approximate surface area is 136 Å². The van der Waals surface area contributed by atoms with Gasteiger partial charge in [0.2, 0.25) is 0 Å². The normalized spacial score (nSPS) is 10.4. The minimum Gasteiger partial charge on any atom is -0.508 e. The molecule has 0 aliphatic rings. The summed E-state index contributed by atoms with van der Waals surface area (Å²) in [5, 5.41) is 18.1. The van der Waals surface area contributed by atoms with Crippen molar-refractivity contribution in [2.24, 2.45) is 0 Å². The second-order valence-corrected chi connectivity index (χ2v) is 8.00. The van der Waals surface area contributed by atoms with Gasteiger partial charge >= 0.3 is 94.8 Å². The van der Waals surface area contributed by atoms with Gasteiger partial charge in [-0.05, 0) is 12.1 Å². The quantitative estimate of drug-likeness (QED) is 0.555. The van der Waals surface area contributed by atoms with Gasteiger partial charge in [0, 0.05) is 0 Å². The van der Waals surface area contributed by atoms with E-state index in [4.69, 9.17) is 13.3 Å². The van der Waals surface area contributed by atoms with E-state index in [1.54, 1.807) is 24.3 Å². The molecule has 2 aromatic rings. The van der Waals surface area contributed by atoms with Gasteiger partial charge in [0.05, 0.1) is 0 Å². The van der Waals surface area contributed by atoms with Crippen LogP contribution in [0.4, 0.5) is 5.69 Å². The summed E-state index contributed by atoms with van der Waals surface area (Å²) >= 11 is -5.00. The van der Waals surface area contributed by atoms with E-state index in [0.717, 1.165) is 23.1 Å². The predicted molar refractivity (Wildman–Crippen MR) is 85.8 cm³/mol. The molecular formula is C15H18AsNO6. The van der Waals surface area contributed by atoms with E-state index >= 15 is 0 Å². The molecule has 124 valence electrons. The van der Waals surface area contributed by atoms with Crippen LogP contribution < -0.4 is 9.25 Å². The third kappa shape index (κ3) is 5.82. The van der Waals surface area contributed by atoms with E-state index in [1.165, 1.54) is 14.0 Å². The first-order valence-electron chi connectivity index (χ1n) is 6.50. The van der Waals surface area contributed by atoms with Crippen LogP contribution in [0.2, 0.25) is 0 Å². The maximum Gasteiger partial charge on any atom is 0.115 e. The number of benzene rings is 2. The van der Waals surface area contributed by atoms with Crippen LogP contribution in [-0.2, 0) is 8.53 Å². The summed E-state index contributed by atoms with van der Waals surface area (Å²) in [4.78, 5) is 12.2. The molecule has 0 unspecified atom stereocenters. The fourth-order valence-electron chi connectivity index (χ4n) is 1.56. The number of anilines is 1. The molecular weight excluding hydrogens is 365 g/mol. The number of nitrogens with zero attached hydrogens (tertiary/aromatic N) is 1. The number of hydrogen-bond acceptors (Lipinski definition) is 4. The number of carbonyl (C=O) groups is 1. The van der Waals surface area contributed by atoms with Crippen LogP contribution in [0.3, 0.4) is 0 Å². The van der Waals surface area contributed by atoms with Gasteiger partial charge in [-0.3, -0.25) is 0 Å². The van der Waals surface area contributed by atoms with Crippen LogP contribution in [0.25, 0.3) is 0 Å². The summed E-state index contributed by atoms with van der Waals surface area (Å²) in [6.07, 6.45) is 0. The topological polar surface area (TPSA) is 118 Å². The number of aromatic hydroxyl groups is 2. The minimum atomic E-state index is -5.00. The van der Waals surface area contributed by atoms with Gasteiger partial charge in [0.1, 0.15) is 5.75 Å². The molecule has 0 spiro atoms. The average molecular weight is 383 g/mol. The van der Waals surface area contributed by atoms with Gasteiger partial charge in [-0.1, -0.05) is 18.2 Å². The predicted octanol–water partition coefficient (Wildman–Crippen LogP) is 0.328. The number of rotatable bonds is 2. The molecule has 4 N–H and O–H groups in total.